The number of rotatable bonds is 6. The number of ether oxygens (including phenoxy) is 1. The van der Waals surface area contributed by atoms with Gasteiger partial charge in [0.2, 0.25) is 0 Å². The molecule has 6 heteroatoms. The van der Waals surface area contributed by atoms with Crippen molar-refractivity contribution in [3.63, 3.8) is 0 Å². The van der Waals surface area contributed by atoms with Crippen LogP contribution in [0.2, 0.25) is 0 Å². The van der Waals surface area contributed by atoms with Crippen molar-refractivity contribution in [1.29, 1.82) is 0 Å². The maximum Gasteiger partial charge on any atom is 0.281 e. The zero-order valence-corrected chi connectivity index (χ0v) is 15.5. The molecule has 0 aliphatic rings. The van der Waals surface area contributed by atoms with E-state index in [1.54, 1.807) is 14.2 Å². The first-order chi connectivity index (χ1) is 11.3. The summed E-state index contributed by atoms with van der Waals surface area (Å²) in [5.74, 6) is 0.811. The zero-order chi connectivity index (χ0) is 17.9. The van der Waals surface area contributed by atoms with E-state index in [9.17, 15) is 8.42 Å². The highest BCUT2D eigenvalue weighted by Crippen LogP contribution is 2.31. The van der Waals surface area contributed by atoms with Gasteiger partial charge in [0.15, 0.2) is 0 Å². The van der Waals surface area contributed by atoms with E-state index in [2.05, 4.69) is 0 Å². The fraction of sp³-hybridized carbons (Fsp3) is 0.333. The van der Waals surface area contributed by atoms with Gasteiger partial charge in [-0.3, -0.25) is 0 Å². The summed E-state index contributed by atoms with van der Waals surface area (Å²) in [6, 6.07) is 15.4. The lowest BCUT2D eigenvalue weighted by Gasteiger charge is -2.27. The molecule has 0 heterocycles. The Labute approximate surface area is 144 Å². The van der Waals surface area contributed by atoms with Gasteiger partial charge in [-0.1, -0.05) is 42.5 Å². The topological polar surface area (TPSA) is 49.9 Å². The minimum Gasteiger partial charge on any atom is -0.496 e. The van der Waals surface area contributed by atoms with Crippen LogP contribution in [0.5, 0.6) is 5.75 Å². The first kappa shape index (κ1) is 18.4. The molecular formula is C18H24N2O3S. The summed E-state index contributed by atoms with van der Waals surface area (Å²) in [7, 11) is 2.85. The molecule has 0 radical (unpaired) electrons. The van der Waals surface area contributed by atoms with Crippen LogP contribution < -0.4 is 4.74 Å². The van der Waals surface area contributed by atoms with Crippen LogP contribution in [-0.2, 0) is 10.2 Å². The van der Waals surface area contributed by atoms with Gasteiger partial charge >= 0.3 is 0 Å². The van der Waals surface area contributed by atoms with E-state index in [1.165, 1.54) is 22.7 Å². The van der Waals surface area contributed by atoms with E-state index in [-0.39, 0.29) is 6.04 Å². The number of para-hydroxylation sites is 1. The Kier molecular flexibility index (Phi) is 5.64. The molecule has 1 atom stereocenters. The molecule has 0 unspecified atom stereocenters. The van der Waals surface area contributed by atoms with Crippen LogP contribution in [0, 0.1) is 0 Å². The van der Waals surface area contributed by atoms with Crippen LogP contribution in [0.1, 0.15) is 18.5 Å². The standard InChI is InChI=1S/C18H24N2O3S/c1-14(20(4)24(21,22)19(2)3)15-10-12-16(13-11-15)17-8-6-7-9-18(17)23-5/h6-14H,1-5H3/t14-/m1/s1. The van der Waals surface area contributed by atoms with E-state index in [0.717, 1.165) is 22.4 Å². The van der Waals surface area contributed by atoms with Crippen molar-refractivity contribution in [3.8, 4) is 16.9 Å². The molecule has 0 fully saturated rings. The molecule has 2 rings (SSSR count). The Morgan fingerprint density at radius 3 is 2.08 bits per heavy atom. The van der Waals surface area contributed by atoms with Crippen molar-refractivity contribution in [2.75, 3.05) is 28.3 Å². The molecule has 0 saturated heterocycles. The van der Waals surface area contributed by atoms with E-state index in [4.69, 9.17) is 4.74 Å². The second-order valence-corrected chi connectivity index (χ2v) is 8.01. The number of hydrogen-bond donors (Lipinski definition) is 0. The highest BCUT2D eigenvalue weighted by Gasteiger charge is 2.26. The Morgan fingerprint density at radius 1 is 0.958 bits per heavy atom. The summed E-state index contributed by atoms with van der Waals surface area (Å²) in [5.41, 5.74) is 2.97. The van der Waals surface area contributed by atoms with Crippen molar-refractivity contribution < 1.29 is 13.2 Å². The lowest BCUT2D eigenvalue weighted by Crippen LogP contribution is -2.38. The summed E-state index contributed by atoms with van der Waals surface area (Å²) in [6.07, 6.45) is 0. The Balaban J connectivity index is 2.29. The Morgan fingerprint density at radius 2 is 1.54 bits per heavy atom. The van der Waals surface area contributed by atoms with Gasteiger partial charge < -0.3 is 4.74 Å². The van der Waals surface area contributed by atoms with Crippen molar-refractivity contribution in [3.05, 3.63) is 54.1 Å². The Bertz CT molecular complexity index is 786. The number of methoxy groups -OCH3 is 1. The van der Waals surface area contributed by atoms with Gasteiger partial charge in [-0.05, 0) is 24.1 Å². The molecule has 0 bridgehead atoms. The molecular weight excluding hydrogens is 324 g/mol. The van der Waals surface area contributed by atoms with Gasteiger partial charge in [-0.15, -0.1) is 0 Å². The smallest absolute Gasteiger partial charge is 0.281 e. The van der Waals surface area contributed by atoms with Crippen molar-refractivity contribution in [2.24, 2.45) is 0 Å². The molecule has 2 aromatic carbocycles. The molecule has 0 aliphatic carbocycles. The van der Waals surface area contributed by atoms with Crippen LogP contribution in [0.15, 0.2) is 48.5 Å². The lowest BCUT2D eigenvalue weighted by molar-refractivity contribution is 0.364. The van der Waals surface area contributed by atoms with Crippen molar-refractivity contribution in [2.45, 2.75) is 13.0 Å². The number of nitrogens with zero attached hydrogens (tertiary/aromatic N) is 2. The molecule has 0 N–H and O–H groups in total. The fourth-order valence-corrected chi connectivity index (χ4v) is 3.53. The maximum absolute atomic E-state index is 12.3. The average molecular weight is 348 g/mol. The maximum atomic E-state index is 12.3. The molecule has 130 valence electrons. The molecule has 0 aromatic heterocycles. The molecule has 0 saturated carbocycles. The second-order valence-electron chi connectivity index (χ2n) is 5.80. The van der Waals surface area contributed by atoms with Gasteiger partial charge in [0.1, 0.15) is 5.75 Å². The van der Waals surface area contributed by atoms with Crippen molar-refractivity contribution >= 4 is 10.2 Å². The first-order valence-corrected chi connectivity index (χ1v) is 9.07. The number of hydrogen-bond acceptors (Lipinski definition) is 3. The minimum absolute atomic E-state index is 0.260. The van der Waals surface area contributed by atoms with Gasteiger partial charge in [-0.2, -0.15) is 17.0 Å². The molecule has 24 heavy (non-hydrogen) atoms. The second kappa shape index (κ2) is 7.34. The molecule has 0 amide bonds. The van der Waals surface area contributed by atoms with Crippen molar-refractivity contribution in [1.82, 2.24) is 8.61 Å². The SMILES string of the molecule is COc1ccccc1-c1ccc([C@@H](C)N(C)S(=O)(=O)N(C)C)cc1. The third-order valence-electron chi connectivity index (χ3n) is 4.18. The highest BCUT2D eigenvalue weighted by molar-refractivity contribution is 7.86. The summed E-state index contributed by atoms with van der Waals surface area (Å²) in [6.45, 7) is 1.87. The van der Waals surface area contributed by atoms with Crippen LogP contribution >= 0.6 is 0 Å². The normalized spacial score (nSPS) is 13.3. The van der Waals surface area contributed by atoms with Crippen LogP contribution in [0.4, 0.5) is 0 Å². The predicted octanol–water partition coefficient (Wildman–Crippen LogP) is 3.16. The lowest BCUT2D eigenvalue weighted by atomic mass is 10.0. The van der Waals surface area contributed by atoms with E-state index >= 15 is 0 Å². The van der Waals surface area contributed by atoms with Crippen LogP contribution in [-0.4, -0.2) is 45.3 Å². The quantitative estimate of drug-likeness (QED) is 0.806. The van der Waals surface area contributed by atoms with E-state index in [1.807, 2.05) is 55.5 Å². The average Bonchev–Trinajstić information content (AvgIpc) is 2.60. The summed E-state index contributed by atoms with van der Waals surface area (Å²) >= 11 is 0. The first-order valence-electron chi connectivity index (χ1n) is 7.68. The van der Waals surface area contributed by atoms with Gasteiger partial charge in [-0.25, -0.2) is 0 Å². The molecule has 2 aromatic rings. The molecule has 0 aliphatic heterocycles. The summed E-state index contributed by atoms with van der Waals surface area (Å²) < 4.78 is 32.5. The van der Waals surface area contributed by atoms with E-state index in [0.29, 0.717) is 0 Å². The minimum atomic E-state index is -3.45. The number of benzene rings is 2. The van der Waals surface area contributed by atoms with Crippen LogP contribution in [0.25, 0.3) is 11.1 Å². The zero-order valence-electron chi connectivity index (χ0n) is 14.7. The van der Waals surface area contributed by atoms with Gasteiger partial charge in [0, 0.05) is 32.7 Å². The third-order valence-corrected chi connectivity index (χ3v) is 6.15. The van der Waals surface area contributed by atoms with Gasteiger partial charge in [0.05, 0.1) is 7.11 Å². The fourth-order valence-electron chi connectivity index (χ4n) is 2.49. The van der Waals surface area contributed by atoms with E-state index < -0.39 is 10.2 Å². The predicted molar refractivity (Wildman–Crippen MR) is 97.2 cm³/mol. The Hall–Kier alpha value is -1.89. The highest BCUT2D eigenvalue weighted by atomic mass is 32.2. The summed E-state index contributed by atoms with van der Waals surface area (Å²) in [4.78, 5) is 0. The monoisotopic (exact) mass is 348 g/mol. The van der Waals surface area contributed by atoms with Crippen LogP contribution in [0.3, 0.4) is 0 Å². The van der Waals surface area contributed by atoms with Gasteiger partial charge in [0.25, 0.3) is 10.2 Å². The molecule has 0 spiro atoms. The largest absolute Gasteiger partial charge is 0.496 e. The third kappa shape index (κ3) is 3.61. The molecule has 5 nitrogen and oxygen atoms in total. The summed E-state index contributed by atoms with van der Waals surface area (Å²) in [5, 5.41) is 0.